The molecule has 1 aromatic heterocycles. The number of para-hydroxylation sites is 2. The average molecular weight is 360 g/mol. The smallest absolute Gasteiger partial charge is 0.409 e. The molecule has 1 N–H and O–H groups in total. The van der Waals surface area contributed by atoms with Crippen LogP contribution >= 0.6 is 0 Å². The van der Waals surface area contributed by atoms with Crippen LogP contribution in [0.4, 0.5) is 4.79 Å². The van der Waals surface area contributed by atoms with E-state index in [2.05, 4.69) is 4.98 Å². The number of piperazine rings is 1. The molecule has 26 heavy (non-hydrogen) atoms. The van der Waals surface area contributed by atoms with Crippen LogP contribution in [-0.4, -0.2) is 64.1 Å². The van der Waals surface area contributed by atoms with Crippen LogP contribution in [0.1, 0.15) is 6.92 Å². The maximum absolute atomic E-state index is 12.6. The van der Waals surface area contributed by atoms with Crippen molar-refractivity contribution in [1.29, 1.82) is 0 Å². The maximum atomic E-state index is 12.6. The molecular weight excluding hydrogens is 340 g/mol. The molecule has 2 heterocycles. The second-order valence-electron chi connectivity index (χ2n) is 5.93. The third-order valence-corrected chi connectivity index (χ3v) is 4.33. The molecule has 1 aliphatic heterocycles. The van der Waals surface area contributed by atoms with Crippen molar-refractivity contribution in [3.05, 3.63) is 45.0 Å². The summed E-state index contributed by atoms with van der Waals surface area (Å²) < 4.78 is 6.14. The first-order valence-electron chi connectivity index (χ1n) is 8.42. The van der Waals surface area contributed by atoms with Gasteiger partial charge in [0.15, 0.2) is 0 Å². The van der Waals surface area contributed by atoms with Gasteiger partial charge in [0.2, 0.25) is 5.91 Å². The molecule has 1 aromatic carbocycles. The lowest BCUT2D eigenvalue weighted by Crippen LogP contribution is -2.52. The minimum Gasteiger partial charge on any atom is -0.450 e. The number of rotatable bonds is 3. The summed E-state index contributed by atoms with van der Waals surface area (Å²) in [7, 11) is 0. The third-order valence-electron chi connectivity index (χ3n) is 4.33. The number of fused-ring (bicyclic) bond motifs is 1. The minimum atomic E-state index is -0.762. The van der Waals surface area contributed by atoms with E-state index in [1.165, 1.54) is 4.57 Å². The summed E-state index contributed by atoms with van der Waals surface area (Å²) in [6, 6.07) is 6.83. The molecule has 3 rings (SSSR count). The van der Waals surface area contributed by atoms with Crippen molar-refractivity contribution >= 4 is 23.0 Å². The molecule has 0 atom stereocenters. The minimum absolute atomic E-state index is 0.220. The molecule has 138 valence electrons. The van der Waals surface area contributed by atoms with E-state index in [9.17, 15) is 19.2 Å². The predicted octanol–water partition coefficient (Wildman–Crippen LogP) is -0.00950. The number of aromatic nitrogens is 2. The number of carbonyl (C=O) groups is 2. The summed E-state index contributed by atoms with van der Waals surface area (Å²) >= 11 is 0. The lowest BCUT2D eigenvalue weighted by atomic mass is 10.3. The maximum Gasteiger partial charge on any atom is 0.409 e. The second-order valence-corrected chi connectivity index (χ2v) is 5.93. The van der Waals surface area contributed by atoms with E-state index in [0.717, 1.165) is 0 Å². The number of amides is 2. The molecule has 0 spiro atoms. The highest BCUT2D eigenvalue weighted by molar-refractivity contribution is 5.80. The lowest BCUT2D eigenvalue weighted by Gasteiger charge is -2.34. The van der Waals surface area contributed by atoms with Gasteiger partial charge in [0.1, 0.15) is 6.54 Å². The predicted molar refractivity (Wildman–Crippen MR) is 94.0 cm³/mol. The van der Waals surface area contributed by atoms with Crippen LogP contribution in [0.2, 0.25) is 0 Å². The molecule has 0 radical (unpaired) electrons. The van der Waals surface area contributed by atoms with Gasteiger partial charge in [-0.2, -0.15) is 0 Å². The highest BCUT2D eigenvalue weighted by Gasteiger charge is 2.25. The van der Waals surface area contributed by atoms with Crippen molar-refractivity contribution in [2.75, 3.05) is 32.8 Å². The summed E-state index contributed by atoms with van der Waals surface area (Å²) in [6.45, 7) is 3.27. The number of H-pyrrole nitrogens is 1. The fourth-order valence-electron chi connectivity index (χ4n) is 2.97. The van der Waals surface area contributed by atoms with Crippen molar-refractivity contribution in [1.82, 2.24) is 19.4 Å². The second kappa shape index (κ2) is 7.42. The van der Waals surface area contributed by atoms with Crippen LogP contribution in [0.25, 0.3) is 11.0 Å². The SMILES string of the molecule is CCOC(=O)N1CCN(C(=O)Cn2c(=O)c(=O)[nH]c3ccccc32)CC1. The van der Waals surface area contributed by atoms with E-state index in [1.807, 2.05) is 0 Å². The quantitative estimate of drug-likeness (QED) is 0.775. The normalized spacial score (nSPS) is 14.5. The van der Waals surface area contributed by atoms with Crippen LogP contribution in [0.3, 0.4) is 0 Å². The van der Waals surface area contributed by atoms with Crippen molar-refractivity contribution < 1.29 is 14.3 Å². The van der Waals surface area contributed by atoms with Crippen LogP contribution in [0.15, 0.2) is 33.9 Å². The number of benzene rings is 1. The van der Waals surface area contributed by atoms with Gasteiger partial charge in [-0.05, 0) is 19.1 Å². The van der Waals surface area contributed by atoms with E-state index < -0.39 is 17.2 Å². The number of carbonyl (C=O) groups excluding carboxylic acids is 2. The number of nitrogens with zero attached hydrogens (tertiary/aromatic N) is 3. The van der Waals surface area contributed by atoms with E-state index in [0.29, 0.717) is 43.8 Å². The van der Waals surface area contributed by atoms with Gasteiger partial charge in [-0.1, -0.05) is 12.1 Å². The largest absolute Gasteiger partial charge is 0.450 e. The van der Waals surface area contributed by atoms with Crippen molar-refractivity contribution in [3.8, 4) is 0 Å². The summed E-state index contributed by atoms with van der Waals surface area (Å²) in [4.78, 5) is 54.0. The lowest BCUT2D eigenvalue weighted by molar-refractivity contribution is -0.133. The van der Waals surface area contributed by atoms with Crippen molar-refractivity contribution in [2.45, 2.75) is 13.5 Å². The average Bonchev–Trinajstić information content (AvgIpc) is 2.65. The topological polar surface area (TPSA) is 105 Å². The molecule has 0 unspecified atom stereocenters. The molecule has 0 saturated carbocycles. The molecule has 9 heteroatoms. The fourth-order valence-corrected chi connectivity index (χ4v) is 2.97. The van der Waals surface area contributed by atoms with E-state index >= 15 is 0 Å². The van der Waals surface area contributed by atoms with Gasteiger partial charge in [0.25, 0.3) is 0 Å². The standard InChI is InChI=1S/C17H20N4O5/c1-2-26-17(25)20-9-7-19(8-10-20)14(22)11-21-13-6-4-3-5-12(13)18-15(23)16(21)24/h3-6H,2,7-11H2,1H3,(H,18,23). The Morgan fingerprint density at radius 2 is 1.73 bits per heavy atom. The van der Waals surface area contributed by atoms with Crippen LogP contribution in [-0.2, 0) is 16.1 Å². The Balaban J connectivity index is 1.75. The number of ether oxygens (including phenoxy) is 1. The van der Waals surface area contributed by atoms with Crippen molar-refractivity contribution in [2.24, 2.45) is 0 Å². The molecule has 9 nitrogen and oxygen atoms in total. The van der Waals surface area contributed by atoms with E-state index in [1.54, 1.807) is 41.0 Å². The van der Waals surface area contributed by atoms with Crippen LogP contribution in [0.5, 0.6) is 0 Å². The first-order valence-corrected chi connectivity index (χ1v) is 8.42. The van der Waals surface area contributed by atoms with Gasteiger partial charge in [-0.3, -0.25) is 19.0 Å². The number of hydrogen-bond donors (Lipinski definition) is 1. The Morgan fingerprint density at radius 1 is 1.08 bits per heavy atom. The van der Waals surface area contributed by atoms with Gasteiger partial charge in [-0.25, -0.2) is 4.79 Å². The monoisotopic (exact) mass is 360 g/mol. The van der Waals surface area contributed by atoms with E-state index in [4.69, 9.17) is 4.74 Å². The molecule has 2 aromatic rings. The summed E-state index contributed by atoms with van der Waals surface area (Å²) in [6.07, 6.45) is -0.392. The molecule has 1 saturated heterocycles. The first-order chi connectivity index (χ1) is 12.5. The highest BCUT2D eigenvalue weighted by atomic mass is 16.6. The fraction of sp³-hybridized carbons (Fsp3) is 0.412. The van der Waals surface area contributed by atoms with Gasteiger partial charge < -0.3 is 19.5 Å². The van der Waals surface area contributed by atoms with Crippen LogP contribution in [0, 0.1) is 0 Å². The van der Waals surface area contributed by atoms with Crippen molar-refractivity contribution in [3.63, 3.8) is 0 Å². The zero-order chi connectivity index (χ0) is 18.7. The highest BCUT2D eigenvalue weighted by Crippen LogP contribution is 2.09. The Kier molecular flexibility index (Phi) is 5.06. The van der Waals surface area contributed by atoms with E-state index in [-0.39, 0.29) is 12.5 Å². The number of hydrogen-bond acceptors (Lipinski definition) is 5. The van der Waals surface area contributed by atoms with Gasteiger partial charge in [0.05, 0.1) is 17.6 Å². The Bertz CT molecular complexity index is 940. The Labute approximate surface area is 148 Å². The summed E-state index contributed by atoms with van der Waals surface area (Å²) in [5.41, 5.74) is -0.529. The van der Waals surface area contributed by atoms with Crippen LogP contribution < -0.4 is 11.1 Å². The third kappa shape index (κ3) is 3.46. The molecule has 0 aliphatic carbocycles. The first kappa shape index (κ1) is 17.7. The molecule has 2 amide bonds. The zero-order valence-corrected chi connectivity index (χ0v) is 14.4. The van der Waals surface area contributed by atoms with Gasteiger partial charge in [-0.15, -0.1) is 0 Å². The zero-order valence-electron chi connectivity index (χ0n) is 14.4. The number of aromatic amines is 1. The molecular formula is C17H20N4O5. The summed E-state index contributed by atoms with van der Waals surface area (Å²) in [5.74, 6) is -0.272. The van der Waals surface area contributed by atoms with Gasteiger partial charge >= 0.3 is 17.2 Å². The summed E-state index contributed by atoms with van der Waals surface area (Å²) in [5, 5.41) is 0. The number of nitrogens with one attached hydrogen (secondary N) is 1. The van der Waals surface area contributed by atoms with Gasteiger partial charge in [0, 0.05) is 26.2 Å². The molecule has 1 fully saturated rings. The molecule has 0 bridgehead atoms. The Morgan fingerprint density at radius 3 is 2.42 bits per heavy atom. The molecule has 1 aliphatic rings. The Hall–Kier alpha value is -3.10.